The van der Waals surface area contributed by atoms with Crippen molar-refractivity contribution in [3.63, 3.8) is 0 Å². The Hall–Kier alpha value is -2.03. The molecule has 1 N–H and O–H groups in total. The van der Waals surface area contributed by atoms with Crippen LogP contribution in [0.3, 0.4) is 0 Å². The Morgan fingerprint density at radius 3 is 2.41 bits per heavy atom. The molecule has 1 aromatic heterocycles. The standard InChI is InChI=1S/C19H27N3O4S/c1-21-10-6-7-16(21)17(22-11-4-5-12-22)14-20-27(23,24)15-8-9-18(25-2)19(13-15)26-3/h6-10,13,17,20H,4-5,11-12,14H2,1-3H3/t17-/m1/s1. The van der Waals surface area contributed by atoms with Gasteiger partial charge in [-0.3, -0.25) is 4.90 Å². The lowest BCUT2D eigenvalue weighted by Crippen LogP contribution is -2.37. The minimum absolute atomic E-state index is 0.00224. The number of methoxy groups -OCH3 is 2. The molecule has 1 fully saturated rings. The molecule has 1 aliphatic rings. The van der Waals surface area contributed by atoms with Crippen LogP contribution in [-0.2, 0) is 17.1 Å². The van der Waals surface area contributed by atoms with Crippen molar-refractivity contribution in [1.82, 2.24) is 14.2 Å². The molecule has 27 heavy (non-hydrogen) atoms. The number of hydrogen-bond donors (Lipinski definition) is 1. The summed E-state index contributed by atoms with van der Waals surface area (Å²) < 4.78 is 40.9. The Morgan fingerprint density at radius 1 is 1.11 bits per heavy atom. The number of nitrogens with one attached hydrogen (secondary N) is 1. The van der Waals surface area contributed by atoms with Gasteiger partial charge in [0, 0.05) is 31.5 Å². The molecule has 0 bridgehead atoms. The van der Waals surface area contributed by atoms with Crippen LogP contribution < -0.4 is 14.2 Å². The first-order valence-corrected chi connectivity index (χ1v) is 10.5. The predicted octanol–water partition coefficient (Wildman–Crippen LogP) is 2.16. The summed E-state index contributed by atoms with van der Waals surface area (Å²) in [7, 11) is 1.32. The van der Waals surface area contributed by atoms with Gasteiger partial charge in [0.25, 0.3) is 0 Å². The molecule has 1 aromatic carbocycles. The Bertz CT molecular complexity index is 873. The fraction of sp³-hybridized carbons (Fsp3) is 0.474. The Morgan fingerprint density at radius 2 is 1.81 bits per heavy atom. The number of benzene rings is 1. The molecule has 0 aliphatic carbocycles. The summed E-state index contributed by atoms with van der Waals surface area (Å²) >= 11 is 0. The fourth-order valence-corrected chi connectivity index (χ4v) is 4.60. The third-order valence-corrected chi connectivity index (χ3v) is 6.46. The molecule has 2 aromatic rings. The van der Waals surface area contributed by atoms with Gasteiger partial charge >= 0.3 is 0 Å². The molecule has 0 unspecified atom stereocenters. The molecular weight excluding hydrogens is 366 g/mol. The van der Waals surface area contributed by atoms with Crippen LogP contribution >= 0.6 is 0 Å². The summed E-state index contributed by atoms with van der Waals surface area (Å²) in [4.78, 5) is 2.50. The number of rotatable bonds is 8. The van der Waals surface area contributed by atoms with E-state index in [1.54, 1.807) is 6.07 Å². The van der Waals surface area contributed by atoms with Crippen LogP contribution in [0.4, 0.5) is 0 Å². The van der Waals surface area contributed by atoms with Crippen LogP contribution in [0, 0.1) is 0 Å². The molecule has 1 atom stereocenters. The summed E-state index contributed by atoms with van der Waals surface area (Å²) in [5.74, 6) is 0.883. The molecule has 7 nitrogen and oxygen atoms in total. The molecule has 0 saturated carbocycles. The quantitative estimate of drug-likeness (QED) is 0.744. The third kappa shape index (κ3) is 4.28. The third-order valence-electron chi connectivity index (χ3n) is 5.04. The van der Waals surface area contributed by atoms with Crippen molar-refractivity contribution in [2.24, 2.45) is 7.05 Å². The SMILES string of the molecule is COc1ccc(S(=O)(=O)NC[C@H](c2cccn2C)N2CCCC2)cc1OC. The van der Waals surface area contributed by atoms with Crippen molar-refractivity contribution in [3.8, 4) is 11.5 Å². The fourth-order valence-electron chi connectivity index (χ4n) is 3.55. The summed E-state index contributed by atoms with van der Waals surface area (Å²) in [5, 5.41) is 0. The van der Waals surface area contributed by atoms with Gasteiger partial charge in [0.15, 0.2) is 11.5 Å². The summed E-state index contributed by atoms with van der Waals surface area (Å²) in [6, 6.07) is 8.64. The van der Waals surface area contributed by atoms with E-state index < -0.39 is 10.0 Å². The summed E-state index contributed by atoms with van der Waals surface area (Å²) in [6.45, 7) is 2.27. The van der Waals surface area contributed by atoms with E-state index in [0.717, 1.165) is 31.6 Å². The second-order valence-corrected chi connectivity index (χ2v) is 8.44. The zero-order valence-electron chi connectivity index (χ0n) is 16.0. The van der Waals surface area contributed by atoms with Crippen molar-refractivity contribution in [2.75, 3.05) is 33.9 Å². The van der Waals surface area contributed by atoms with Crippen LogP contribution in [0.25, 0.3) is 0 Å². The molecule has 148 valence electrons. The average Bonchev–Trinajstić information content (AvgIpc) is 3.34. The number of likely N-dealkylation sites (tertiary alicyclic amines) is 1. The largest absolute Gasteiger partial charge is 0.493 e. The highest BCUT2D eigenvalue weighted by Crippen LogP contribution is 2.30. The van der Waals surface area contributed by atoms with E-state index in [4.69, 9.17) is 9.47 Å². The number of nitrogens with zero attached hydrogens (tertiary/aromatic N) is 2. The van der Waals surface area contributed by atoms with Crippen LogP contribution in [-0.4, -0.2) is 51.7 Å². The maximum absolute atomic E-state index is 12.8. The van der Waals surface area contributed by atoms with Gasteiger partial charge in [-0.15, -0.1) is 0 Å². The first-order chi connectivity index (χ1) is 13.0. The molecule has 2 heterocycles. The number of hydrogen-bond acceptors (Lipinski definition) is 5. The van der Waals surface area contributed by atoms with Gasteiger partial charge in [-0.2, -0.15) is 0 Å². The van der Waals surface area contributed by atoms with Gasteiger partial charge in [0.05, 0.1) is 25.2 Å². The first-order valence-electron chi connectivity index (χ1n) is 9.03. The highest BCUT2D eigenvalue weighted by molar-refractivity contribution is 7.89. The van der Waals surface area contributed by atoms with Gasteiger partial charge in [0.2, 0.25) is 10.0 Å². The lowest BCUT2D eigenvalue weighted by atomic mass is 10.2. The summed E-state index contributed by atoms with van der Waals surface area (Å²) in [5.41, 5.74) is 1.10. The molecule has 1 aliphatic heterocycles. The minimum Gasteiger partial charge on any atom is -0.493 e. The topological polar surface area (TPSA) is 72.8 Å². The number of aryl methyl sites for hydroxylation is 1. The molecule has 1 saturated heterocycles. The average molecular weight is 394 g/mol. The lowest BCUT2D eigenvalue weighted by molar-refractivity contribution is 0.238. The molecule has 0 amide bonds. The monoisotopic (exact) mass is 393 g/mol. The van der Waals surface area contributed by atoms with Crippen molar-refractivity contribution < 1.29 is 17.9 Å². The zero-order chi connectivity index (χ0) is 19.4. The molecule has 3 rings (SSSR count). The highest BCUT2D eigenvalue weighted by atomic mass is 32.2. The molecule has 0 radical (unpaired) electrons. The molecule has 8 heteroatoms. The minimum atomic E-state index is -3.67. The second-order valence-electron chi connectivity index (χ2n) is 6.67. The smallest absolute Gasteiger partial charge is 0.240 e. The van der Waals surface area contributed by atoms with E-state index in [2.05, 4.69) is 9.62 Å². The van der Waals surface area contributed by atoms with Gasteiger partial charge < -0.3 is 14.0 Å². The van der Waals surface area contributed by atoms with Crippen LogP contribution in [0.2, 0.25) is 0 Å². The molecule has 0 spiro atoms. The van der Waals surface area contributed by atoms with Crippen LogP contribution in [0.1, 0.15) is 24.6 Å². The summed E-state index contributed by atoms with van der Waals surface area (Å²) in [6.07, 6.45) is 4.27. The van der Waals surface area contributed by atoms with Gasteiger partial charge in [0.1, 0.15) is 0 Å². The Kier molecular flexibility index (Phi) is 6.08. The van der Waals surface area contributed by atoms with Crippen LogP contribution in [0.15, 0.2) is 41.4 Å². The molecular formula is C19H27N3O4S. The maximum Gasteiger partial charge on any atom is 0.240 e. The van der Waals surface area contributed by atoms with E-state index >= 15 is 0 Å². The van der Waals surface area contributed by atoms with E-state index in [0.29, 0.717) is 18.0 Å². The maximum atomic E-state index is 12.8. The number of sulfonamides is 1. The van der Waals surface area contributed by atoms with Crippen LogP contribution in [0.5, 0.6) is 11.5 Å². The van der Waals surface area contributed by atoms with Gasteiger partial charge in [-0.25, -0.2) is 13.1 Å². The number of ether oxygens (including phenoxy) is 2. The highest BCUT2D eigenvalue weighted by Gasteiger charge is 2.27. The van der Waals surface area contributed by atoms with Crippen molar-refractivity contribution in [3.05, 3.63) is 42.2 Å². The zero-order valence-corrected chi connectivity index (χ0v) is 16.8. The first kappa shape index (κ1) is 19.7. The lowest BCUT2D eigenvalue weighted by Gasteiger charge is -2.28. The van der Waals surface area contributed by atoms with E-state index in [-0.39, 0.29) is 10.9 Å². The number of aromatic nitrogens is 1. The Labute approximate surface area is 160 Å². The van der Waals surface area contributed by atoms with E-state index in [1.807, 2.05) is 29.9 Å². The van der Waals surface area contributed by atoms with Crippen molar-refractivity contribution >= 4 is 10.0 Å². The van der Waals surface area contributed by atoms with Crippen molar-refractivity contribution in [1.29, 1.82) is 0 Å². The normalized spacial score (nSPS) is 16.4. The Balaban J connectivity index is 1.81. The van der Waals surface area contributed by atoms with E-state index in [9.17, 15) is 8.42 Å². The van der Waals surface area contributed by atoms with Gasteiger partial charge in [-0.1, -0.05) is 0 Å². The second kappa shape index (κ2) is 8.33. The van der Waals surface area contributed by atoms with E-state index in [1.165, 1.54) is 26.4 Å². The predicted molar refractivity (Wildman–Crippen MR) is 104 cm³/mol. The van der Waals surface area contributed by atoms with Crippen molar-refractivity contribution in [2.45, 2.75) is 23.8 Å². The van der Waals surface area contributed by atoms with Gasteiger partial charge in [-0.05, 0) is 50.2 Å².